The highest BCUT2D eigenvalue weighted by molar-refractivity contribution is 6.05. The minimum absolute atomic E-state index is 0.146. The van der Waals surface area contributed by atoms with E-state index in [9.17, 15) is 5.11 Å². The standard InChI is InChI=1S/C19H18N4O/c20-9-14-15(21)6-8-16-18(14)12-3-1-2-4-13(12)19(23-16)17-7-5-11(24)10-22-17/h5-10,20,24H,1-4,21H2. The number of fused-ring (bicyclic) bond motifs is 3. The molecule has 0 aliphatic heterocycles. The molecule has 0 unspecified atom stereocenters. The third-order valence-electron chi connectivity index (χ3n) is 4.68. The van der Waals surface area contributed by atoms with Crippen molar-refractivity contribution >= 4 is 22.8 Å². The van der Waals surface area contributed by atoms with Gasteiger partial charge in [0.25, 0.3) is 0 Å². The first-order valence-corrected chi connectivity index (χ1v) is 8.09. The van der Waals surface area contributed by atoms with E-state index in [0.29, 0.717) is 5.69 Å². The summed E-state index contributed by atoms with van der Waals surface area (Å²) in [7, 11) is 0. The first-order valence-electron chi connectivity index (χ1n) is 8.09. The number of nitrogens with zero attached hydrogens (tertiary/aromatic N) is 2. The van der Waals surface area contributed by atoms with Crippen LogP contribution in [0.3, 0.4) is 0 Å². The van der Waals surface area contributed by atoms with Gasteiger partial charge in [-0.25, -0.2) is 4.98 Å². The van der Waals surface area contributed by atoms with Crippen molar-refractivity contribution in [3.8, 4) is 17.1 Å². The van der Waals surface area contributed by atoms with E-state index in [1.54, 1.807) is 18.2 Å². The lowest BCUT2D eigenvalue weighted by Gasteiger charge is -2.22. The normalized spacial score (nSPS) is 13.7. The van der Waals surface area contributed by atoms with Crippen LogP contribution in [-0.4, -0.2) is 21.3 Å². The van der Waals surface area contributed by atoms with E-state index in [1.807, 2.05) is 6.07 Å². The molecular weight excluding hydrogens is 300 g/mol. The summed E-state index contributed by atoms with van der Waals surface area (Å²) in [5, 5.41) is 18.2. The van der Waals surface area contributed by atoms with Gasteiger partial charge in [0.1, 0.15) is 5.75 Å². The molecule has 2 aromatic heterocycles. The number of rotatable bonds is 2. The van der Waals surface area contributed by atoms with Gasteiger partial charge >= 0.3 is 0 Å². The average molecular weight is 318 g/mol. The summed E-state index contributed by atoms with van der Waals surface area (Å²) >= 11 is 0. The highest BCUT2D eigenvalue weighted by Gasteiger charge is 2.22. The van der Waals surface area contributed by atoms with Crippen LogP contribution in [0, 0.1) is 5.41 Å². The Hall–Kier alpha value is -2.95. The zero-order chi connectivity index (χ0) is 16.7. The predicted octanol–water partition coefficient (Wildman–Crippen LogP) is 3.46. The molecule has 0 bridgehead atoms. The van der Waals surface area contributed by atoms with Crippen molar-refractivity contribution in [2.24, 2.45) is 0 Å². The molecule has 1 aliphatic rings. The number of aromatic hydroxyl groups is 1. The number of pyridine rings is 2. The second-order valence-corrected chi connectivity index (χ2v) is 6.13. The van der Waals surface area contributed by atoms with Crippen LogP contribution in [0.2, 0.25) is 0 Å². The van der Waals surface area contributed by atoms with Gasteiger partial charge in [-0.1, -0.05) is 0 Å². The molecular formula is C19H18N4O. The van der Waals surface area contributed by atoms with Gasteiger partial charge in [0, 0.05) is 22.9 Å². The van der Waals surface area contributed by atoms with E-state index in [1.165, 1.54) is 23.5 Å². The smallest absolute Gasteiger partial charge is 0.133 e. The number of anilines is 1. The van der Waals surface area contributed by atoms with Crippen LogP contribution in [0.1, 0.15) is 29.5 Å². The summed E-state index contributed by atoms with van der Waals surface area (Å²) in [5.74, 6) is 0.146. The topological polar surface area (TPSA) is 95.9 Å². The predicted molar refractivity (Wildman–Crippen MR) is 95.6 cm³/mol. The van der Waals surface area contributed by atoms with Crippen LogP contribution >= 0.6 is 0 Å². The van der Waals surface area contributed by atoms with Crippen molar-refractivity contribution in [3.63, 3.8) is 0 Å². The fraction of sp³-hybridized carbons (Fsp3) is 0.211. The average Bonchev–Trinajstić information content (AvgIpc) is 2.62. The molecule has 2 heterocycles. The van der Waals surface area contributed by atoms with Crippen LogP contribution in [0.15, 0.2) is 30.5 Å². The Morgan fingerprint density at radius 3 is 2.58 bits per heavy atom. The Morgan fingerprint density at radius 2 is 1.88 bits per heavy atom. The summed E-state index contributed by atoms with van der Waals surface area (Å²) < 4.78 is 0. The van der Waals surface area contributed by atoms with Crippen molar-refractivity contribution in [2.45, 2.75) is 25.7 Å². The highest BCUT2D eigenvalue weighted by atomic mass is 16.3. The molecule has 0 atom stereocenters. The van der Waals surface area contributed by atoms with E-state index in [4.69, 9.17) is 16.1 Å². The maximum atomic E-state index is 9.49. The third-order valence-corrected chi connectivity index (χ3v) is 4.68. The molecule has 0 radical (unpaired) electrons. The Kier molecular flexibility index (Phi) is 3.41. The summed E-state index contributed by atoms with van der Waals surface area (Å²) in [5.41, 5.74) is 12.4. The molecule has 5 nitrogen and oxygen atoms in total. The van der Waals surface area contributed by atoms with Crippen molar-refractivity contribution in [3.05, 3.63) is 47.2 Å². The van der Waals surface area contributed by atoms with Gasteiger partial charge in [-0.15, -0.1) is 0 Å². The quantitative estimate of drug-likeness (QED) is 0.498. The number of hydrogen-bond acceptors (Lipinski definition) is 5. The van der Waals surface area contributed by atoms with Crippen molar-refractivity contribution in [1.29, 1.82) is 5.41 Å². The zero-order valence-electron chi connectivity index (χ0n) is 13.2. The molecule has 4 rings (SSSR count). The Bertz CT molecular complexity index is 948. The lowest BCUT2D eigenvalue weighted by Crippen LogP contribution is -2.10. The Morgan fingerprint density at radius 1 is 1.08 bits per heavy atom. The monoisotopic (exact) mass is 318 g/mol. The second kappa shape index (κ2) is 5.60. The maximum absolute atomic E-state index is 9.49. The van der Waals surface area contributed by atoms with Gasteiger partial charge < -0.3 is 16.2 Å². The Labute approximate surface area is 139 Å². The second-order valence-electron chi connectivity index (χ2n) is 6.13. The zero-order valence-corrected chi connectivity index (χ0v) is 13.2. The molecule has 24 heavy (non-hydrogen) atoms. The van der Waals surface area contributed by atoms with E-state index in [0.717, 1.165) is 53.5 Å². The first kappa shape index (κ1) is 14.6. The largest absolute Gasteiger partial charge is 0.506 e. The third kappa shape index (κ3) is 2.21. The molecule has 1 aliphatic carbocycles. The molecule has 3 aromatic rings. The van der Waals surface area contributed by atoms with Gasteiger partial charge in [-0.3, -0.25) is 4.98 Å². The number of nitrogens with two attached hydrogens (primary N) is 1. The van der Waals surface area contributed by atoms with Gasteiger partial charge in [-0.2, -0.15) is 0 Å². The van der Waals surface area contributed by atoms with Gasteiger partial charge in [0.05, 0.1) is 23.1 Å². The van der Waals surface area contributed by atoms with Gasteiger partial charge in [-0.05, 0) is 61.1 Å². The fourth-order valence-electron chi connectivity index (χ4n) is 3.56. The lowest BCUT2D eigenvalue weighted by molar-refractivity contribution is 0.473. The lowest BCUT2D eigenvalue weighted by atomic mass is 9.85. The van der Waals surface area contributed by atoms with Crippen LogP contribution in [0.25, 0.3) is 22.3 Å². The number of nitrogen functional groups attached to an aromatic ring is 1. The van der Waals surface area contributed by atoms with E-state index in [2.05, 4.69) is 4.98 Å². The van der Waals surface area contributed by atoms with Gasteiger partial charge in [0.2, 0.25) is 0 Å². The number of hydrogen-bond donors (Lipinski definition) is 3. The minimum atomic E-state index is 0.146. The first-order chi connectivity index (χ1) is 11.7. The number of aromatic nitrogens is 2. The fourth-order valence-corrected chi connectivity index (χ4v) is 3.56. The SMILES string of the molecule is N=Cc1c(N)ccc2nc(-c3ccc(O)cn3)c3c(c12)CCCC3. The summed E-state index contributed by atoms with van der Waals surface area (Å²) in [6, 6.07) is 7.15. The molecule has 4 N–H and O–H groups in total. The minimum Gasteiger partial charge on any atom is -0.506 e. The molecule has 1 aromatic carbocycles. The van der Waals surface area contributed by atoms with Crippen molar-refractivity contribution in [2.75, 3.05) is 5.73 Å². The molecule has 0 fully saturated rings. The molecule has 0 spiro atoms. The highest BCUT2D eigenvalue weighted by Crippen LogP contribution is 2.37. The number of benzene rings is 1. The van der Waals surface area contributed by atoms with Crippen LogP contribution in [0.4, 0.5) is 5.69 Å². The Balaban J connectivity index is 2.08. The summed E-state index contributed by atoms with van der Waals surface area (Å²) in [6.07, 6.45) is 6.93. The molecule has 5 heteroatoms. The van der Waals surface area contributed by atoms with E-state index in [-0.39, 0.29) is 5.75 Å². The van der Waals surface area contributed by atoms with Crippen molar-refractivity contribution in [1.82, 2.24) is 9.97 Å². The summed E-state index contributed by atoms with van der Waals surface area (Å²) in [6.45, 7) is 0. The number of aryl methyl sites for hydroxylation is 1. The summed E-state index contributed by atoms with van der Waals surface area (Å²) in [4.78, 5) is 9.18. The van der Waals surface area contributed by atoms with Crippen LogP contribution in [-0.2, 0) is 12.8 Å². The molecule has 0 amide bonds. The maximum Gasteiger partial charge on any atom is 0.133 e. The van der Waals surface area contributed by atoms with Crippen LogP contribution < -0.4 is 5.73 Å². The van der Waals surface area contributed by atoms with E-state index < -0.39 is 0 Å². The molecule has 0 saturated carbocycles. The van der Waals surface area contributed by atoms with Crippen LogP contribution in [0.5, 0.6) is 5.75 Å². The molecule has 0 saturated heterocycles. The molecule has 120 valence electrons. The van der Waals surface area contributed by atoms with E-state index >= 15 is 0 Å². The van der Waals surface area contributed by atoms with Crippen molar-refractivity contribution < 1.29 is 5.11 Å². The number of nitrogens with one attached hydrogen (secondary N) is 1. The van der Waals surface area contributed by atoms with Gasteiger partial charge in [0.15, 0.2) is 0 Å².